The summed E-state index contributed by atoms with van der Waals surface area (Å²) in [6, 6.07) is 10.1. The minimum absolute atomic E-state index is 0.0386. The fourth-order valence-corrected chi connectivity index (χ4v) is 3.59. The summed E-state index contributed by atoms with van der Waals surface area (Å²) in [5.74, 6) is 0.130. The van der Waals surface area contributed by atoms with Crippen LogP contribution < -0.4 is 10.1 Å². The van der Waals surface area contributed by atoms with Crippen molar-refractivity contribution in [2.45, 2.75) is 32.9 Å². The Morgan fingerprint density at radius 3 is 2.72 bits per heavy atom. The van der Waals surface area contributed by atoms with Gasteiger partial charge in [0.25, 0.3) is 5.91 Å². The molecule has 1 amide bonds. The van der Waals surface area contributed by atoms with Gasteiger partial charge in [-0.1, -0.05) is 41.4 Å². The molecule has 2 aromatic rings. The highest BCUT2D eigenvalue weighted by atomic mass is 35.5. The number of carbonyl (C=O) groups is 1. The molecule has 0 radical (unpaired) electrons. The molecule has 1 atom stereocenters. The molecule has 1 aliphatic rings. The molecule has 0 aliphatic carbocycles. The zero-order valence-electron chi connectivity index (χ0n) is 17.2. The standard InChI is InChI=1S/C22H28ClN3O3/c1-15(2)29-22-19(23)12-18(13-25-22)21(27)24-14-20(26-7-9-28-10-8-26)17-6-4-5-16(3)11-17/h4-6,11-13,15,20H,7-10,14H2,1-3H3,(H,24,27). The highest BCUT2D eigenvalue weighted by Gasteiger charge is 2.24. The van der Waals surface area contributed by atoms with Crippen molar-refractivity contribution in [1.29, 1.82) is 0 Å². The smallest absolute Gasteiger partial charge is 0.252 e. The summed E-state index contributed by atoms with van der Waals surface area (Å²) in [5, 5.41) is 3.37. The Balaban J connectivity index is 1.71. The number of benzene rings is 1. The fourth-order valence-electron chi connectivity index (χ4n) is 3.38. The molecular weight excluding hydrogens is 390 g/mol. The summed E-state index contributed by atoms with van der Waals surface area (Å²) in [5.41, 5.74) is 2.80. The van der Waals surface area contributed by atoms with Crippen molar-refractivity contribution >= 4 is 17.5 Å². The number of nitrogens with one attached hydrogen (secondary N) is 1. The van der Waals surface area contributed by atoms with Crippen LogP contribution in [-0.2, 0) is 4.74 Å². The van der Waals surface area contributed by atoms with E-state index in [1.54, 1.807) is 6.07 Å². The first kappa shape index (κ1) is 21.6. The van der Waals surface area contributed by atoms with Gasteiger partial charge in [0.05, 0.1) is 30.9 Å². The summed E-state index contributed by atoms with van der Waals surface area (Å²) in [7, 11) is 0. The maximum absolute atomic E-state index is 12.7. The van der Waals surface area contributed by atoms with Crippen LogP contribution in [0.2, 0.25) is 5.02 Å². The lowest BCUT2D eigenvalue weighted by atomic mass is 10.0. The van der Waals surface area contributed by atoms with Gasteiger partial charge in [0, 0.05) is 25.8 Å². The Labute approximate surface area is 177 Å². The maximum atomic E-state index is 12.7. The van der Waals surface area contributed by atoms with Crippen molar-refractivity contribution in [2.24, 2.45) is 0 Å². The number of rotatable bonds is 7. The first-order valence-electron chi connectivity index (χ1n) is 9.93. The average Bonchev–Trinajstić information content (AvgIpc) is 2.70. The van der Waals surface area contributed by atoms with Crippen LogP contribution in [0.25, 0.3) is 0 Å². The van der Waals surface area contributed by atoms with E-state index < -0.39 is 0 Å². The van der Waals surface area contributed by atoms with E-state index in [4.69, 9.17) is 21.1 Å². The number of hydrogen-bond donors (Lipinski definition) is 1. The van der Waals surface area contributed by atoms with E-state index in [1.807, 2.05) is 13.8 Å². The van der Waals surface area contributed by atoms with E-state index in [-0.39, 0.29) is 18.1 Å². The zero-order chi connectivity index (χ0) is 20.8. The minimum Gasteiger partial charge on any atom is -0.474 e. The lowest BCUT2D eigenvalue weighted by Crippen LogP contribution is -2.43. The molecule has 6 nitrogen and oxygen atoms in total. The van der Waals surface area contributed by atoms with Crippen LogP contribution in [-0.4, -0.2) is 54.7 Å². The summed E-state index contributed by atoms with van der Waals surface area (Å²) < 4.78 is 11.0. The van der Waals surface area contributed by atoms with E-state index in [0.717, 1.165) is 13.1 Å². The van der Waals surface area contributed by atoms with Crippen molar-refractivity contribution in [2.75, 3.05) is 32.8 Å². The number of pyridine rings is 1. The largest absolute Gasteiger partial charge is 0.474 e. The van der Waals surface area contributed by atoms with Gasteiger partial charge in [-0.05, 0) is 32.4 Å². The molecule has 29 heavy (non-hydrogen) atoms. The molecule has 3 rings (SSSR count). The number of ether oxygens (including phenoxy) is 2. The van der Waals surface area contributed by atoms with Crippen molar-refractivity contribution in [3.8, 4) is 5.88 Å². The number of hydrogen-bond acceptors (Lipinski definition) is 5. The van der Waals surface area contributed by atoms with Crippen molar-refractivity contribution in [1.82, 2.24) is 15.2 Å². The second kappa shape index (κ2) is 10.1. The van der Waals surface area contributed by atoms with Gasteiger partial charge in [-0.25, -0.2) is 4.98 Å². The quantitative estimate of drug-likeness (QED) is 0.745. The van der Waals surface area contributed by atoms with Gasteiger partial charge in [0.15, 0.2) is 0 Å². The summed E-state index contributed by atoms with van der Waals surface area (Å²) in [4.78, 5) is 19.3. The number of aryl methyl sites for hydroxylation is 1. The SMILES string of the molecule is Cc1cccc(C(CNC(=O)c2cnc(OC(C)C)c(Cl)c2)N2CCOCC2)c1. The van der Waals surface area contributed by atoms with Crippen LogP contribution in [0, 0.1) is 6.92 Å². The molecule has 7 heteroatoms. The number of nitrogens with zero attached hydrogens (tertiary/aromatic N) is 2. The van der Waals surface area contributed by atoms with Gasteiger partial charge in [-0.3, -0.25) is 9.69 Å². The second-order valence-electron chi connectivity index (χ2n) is 7.47. The molecule has 1 aliphatic heterocycles. The molecule has 2 heterocycles. The normalized spacial score (nSPS) is 15.9. The predicted octanol–water partition coefficient (Wildman–Crippen LogP) is 3.63. The highest BCUT2D eigenvalue weighted by molar-refractivity contribution is 6.32. The Hall–Kier alpha value is -2.15. The average molecular weight is 418 g/mol. The molecular formula is C22H28ClN3O3. The van der Waals surface area contributed by atoms with Gasteiger partial charge < -0.3 is 14.8 Å². The molecule has 1 saturated heterocycles. The van der Waals surface area contributed by atoms with Crippen LogP contribution in [0.4, 0.5) is 0 Å². The summed E-state index contributed by atoms with van der Waals surface area (Å²) >= 11 is 6.23. The van der Waals surface area contributed by atoms with E-state index >= 15 is 0 Å². The third-order valence-electron chi connectivity index (χ3n) is 4.79. The van der Waals surface area contributed by atoms with Crippen LogP contribution >= 0.6 is 11.6 Å². The molecule has 1 aromatic carbocycles. The maximum Gasteiger partial charge on any atom is 0.252 e. The molecule has 0 saturated carbocycles. The number of carbonyl (C=O) groups excluding carboxylic acids is 1. The van der Waals surface area contributed by atoms with E-state index in [2.05, 4.69) is 46.4 Å². The lowest BCUT2D eigenvalue weighted by molar-refractivity contribution is 0.0162. The molecule has 1 unspecified atom stereocenters. The monoisotopic (exact) mass is 417 g/mol. The van der Waals surface area contributed by atoms with Crippen LogP contribution in [0.15, 0.2) is 36.5 Å². The fraction of sp³-hybridized carbons (Fsp3) is 0.455. The Morgan fingerprint density at radius 2 is 2.07 bits per heavy atom. The number of amides is 1. The molecule has 0 spiro atoms. The Kier molecular flexibility index (Phi) is 7.47. The van der Waals surface area contributed by atoms with Crippen LogP contribution in [0.3, 0.4) is 0 Å². The Morgan fingerprint density at radius 1 is 1.31 bits per heavy atom. The molecule has 1 N–H and O–H groups in total. The molecule has 1 aromatic heterocycles. The second-order valence-corrected chi connectivity index (χ2v) is 7.87. The molecule has 0 bridgehead atoms. The third-order valence-corrected chi connectivity index (χ3v) is 5.06. The zero-order valence-corrected chi connectivity index (χ0v) is 17.9. The highest BCUT2D eigenvalue weighted by Crippen LogP contribution is 2.24. The topological polar surface area (TPSA) is 63.7 Å². The van der Waals surface area contributed by atoms with Gasteiger partial charge >= 0.3 is 0 Å². The van der Waals surface area contributed by atoms with Gasteiger partial charge in [0.2, 0.25) is 5.88 Å². The van der Waals surface area contributed by atoms with Crippen LogP contribution in [0.5, 0.6) is 5.88 Å². The van der Waals surface area contributed by atoms with Gasteiger partial charge in [-0.2, -0.15) is 0 Å². The molecule has 1 fully saturated rings. The molecule has 156 valence electrons. The van der Waals surface area contributed by atoms with Crippen molar-refractivity contribution < 1.29 is 14.3 Å². The first-order valence-corrected chi connectivity index (χ1v) is 10.3. The van der Waals surface area contributed by atoms with Gasteiger partial charge in [-0.15, -0.1) is 0 Å². The summed E-state index contributed by atoms with van der Waals surface area (Å²) in [6.07, 6.45) is 1.46. The van der Waals surface area contributed by atoms with Crippen molar-refractivity contribution in [3.63, 3.8) is 0 Å². The number of aromatic nitrogens is 1. The number of halogens is 1. The first-order chi connectivity index (χ1) is 13.9. The predicted molar refractivity (Wildman–Crippen MR) is 114 cm³/mol. The van der Waals surface area contributed by atoms with Crippen molar-refractivity contribution in [3.05, 3.63) is 58.2 Å². The Bertz CT molecular complexity index is 838. The van der Waals surface area contributed by atoms with Crippen LogP contribution in [0.1, 0.15) is 41.4 Å². The van der Waals surface area contributed by atoms with Gasteiger partial charge in [0.1, 0.15) is 5.02 Å². The summed E-state index contributed by atoms with van der Waals surface area (Å²) in [6.45, 7) is 9.44. The van der Waals surface area contributed by atoms with E-state index in [1.165, 1.54) is 17.3 Å². The lowest BCUT2D eigenvalue weighted by Gasteiger charge is -2.35. The van der Waals surface area contributed by atoms with E-state index in [0.29, 0.717) is 36.2 Å². The minimum atomic E-state index is -0.207. The number of morpholine rings is 1. The van der Waals surface area contributed by atoms with E-state index in [9.17, 15) is 4.79 Å². The third kappa shape index (κ3) is 5.92.